The summed E-state index contributed by atoms with van der Waals surface area (Å²) in [4.78, 5) is 13.7. The normalized spacial score (nSPS) is 26.7. The molecule has 1 aromatic carbocycles. The molecule has 0 bridgehead atoms. The maximum atomic E-state index is 12.0. The van der Waals surface area contributed by atoms with Crippen molar-refractivity contribution >= 4 is 6.09 Å². The van der Waals surface area contributed by atoms with Crippen LogP contribution in [0.2, 0.25) is 0 Å². The van der Waals surface area contributed by atoms with Gasteiger partial charge in [-0.15, -0.1) is 0 Å². The first-order valence-electron chi connectivity index (χ1n) is 8.48. The minimum atomic E-state index is -0.794. The number of hydrogen-bond donors (Lipinski definition) is 1. The fourth-order valence-electron chi connectivity index (χ4n) is 3.81. The van der Waals surface area contributed by atoms with E-state index in [0.717, 1.165) is 18.4 Å². The summed E-state index contributed by atoms with van der Waals surface area (Å²) in [6.45, 7) is 8.72. The van der Waals surface area contributed by atoms with Gasteiger partial charge in [-0.25, -0.2) is 4.79 Å². The van der Waals surface area contributed by atoms with Gasteiger partial charge in [0, 0.05) is 6.04 Å². The maximum Gasteiger partial charge on any atom is 0.408 e. The van der Waals surface area contributed by atoms with Crippen LogP contribution in [0, 0.1) is 17.8 Å². The summed E-state index contributed by atoms with van der Waals surface area (Å²) in [7, 11) is 0. The number of nitrogens with zero attached hydrogens (tertiary/aromatic N) is 1. The lowest BCUT2D eigenvalue weighted by Crippen LogP contribution is -2.48. The first-order valence-corrected chi connectivity index (χ1v) is 8.48. The fraction of sp³-hybridized carbons (Fsp3) is 0.632. The Balaban J connectivity index is 2.24. The zero-order valence-corrected chi connectivity index (χ0v) is 14.2. The Morgan fingerprint density at radius 1 is 1.18 bits per heavy atom. The molecule has 0 aliphatic heterocycles. The molecule has 3 nitrogen and oxygen atoms in total. The van der Waals surface area contributed by atoms with Crippen molar-refractivity contribution in [1.29, 1.82) is 0 Å². The first kappa shape index (κ1) is 16.9. The maximum absolute atomic E-state index is 12.0. The summed E-state index contributed by atoms with van der Waals surface area (Å²) >= 11 is 0. The Bertz CT molecular complexity index is 485. The molecule has 1 aliphatic carbocycles. The summed E-state index contributed by atoms with van der Waals surface area (Å²) < 4.78 is 0. The molecule has 2 rings (SSSR count). The molecule has 1 N–H and O–H groups in total. The highest BCUT2D eigenvalue weighted by atomic mass is 16.4. The van der Waals surface area contributed by atoms with Crippen molar-refractivity contribution in [1.82, 2.24) is 4.90 Å². The van der Waals surface area contributed by atoms with E-state index in [4.69, 9.17) is 0 Å². The van der Waals surface area contributed by atoms with E-state index in [1.807, 2.05) is 37.3 Å². The zero-order chi connectivity index (χ0) is 16.3. The van der Waals surface area contributed by atoms with Crippen LogP contribution in [0.5, 0.6) is 0 Å². The minimum Gasteiger partial charge on any atom is -0.465 e. The van der Waals surface area contributed by atoms with E-state index in [2.05, 4.69) is 20.8 Å². The Labute approximate surface area is 134 Å². The second-order valence-electron chi connectivity index (χ2n) is 7.14. The molecule has 4 unspecified atom stereocenters. The lowest BCUT2D eigenvalue weighted by Gasteiger charge is -2.44. The number of carboxylic acid groups (broad SMARTS) is 1. The third-order valence-corrected chi connectivity index (χ3v) is 5.41. The molecule has 1 aliphatic rings. The van der Waals surface area contributed by atoms with Gasteiger partial charge in [-0.3, -0.25) is 4.90 Å². The molecule has 0 heterocycles. The number of hydrogen-bond acceptors (Lipinski definition) is 1. The Morgan fingerprint density at radius 2 is 1.82 bits per heavy atom. The van der Waals surface area contributed by atoms with E-state index in [9.17, 15) is 9.90 Å². The highest BCUT2D eigenvalue weighted by molar-refractivity contribution is 5.66. The van der Waals surface area contributed by atoms with Gasteiger partial charge in [0.2, 0.25) is 0 Å². The van der Waals surface area contributed by atoms with Crippen LogP contribution in [0.15, 0.2) is 30.3 Å². The number of benzene rings is 1. The van der Waals surface area contributed by atoms with Crippen LogP contribution in [-0.4, -0.2) is 22.1 Å². The van der Waals surface area contributed by atoms with Crippen molar-refractivity contribution < 1.29 is 9.90 Å². The third-order valence-electron chi connectivity index (χ3n) is 5.41. The molecule has 4 atom stereocenters. The molecule has 1 saturated carbocycles. The van der Waals surface area contributed by atoms with E-state index in [1.54, 1.807) is 4.90 Å². The second kappa shape index (κ2) is 7.17. The van der Waals surface area contributed by atoms with E-state index >= 15 is 0 Å². The minimum absolute atomic E-state index is 0.0999. The molecule has 0 spiro atoms. The summed E-state index contributed by atoms with van der Waals surface area (Å²) in [5.74, 6) is 1.68. The average Bonchev–Trinajstić information content (AvgIpc) is 2.49. The predicted molar refractivity (Wildman–Crippen MR) is 89.9 cm³/mol. The first-order chi connectivity index (χ1) is 10.4. The van der Waals surface area contributed by atoms with Gasteiger partial charge in [-0.05, 0) is 49.5 Å². The van der Waals surface area contributed by atoms with Crippen molar-refractivity contribution in [2.75, 3.05) is 0 Å². The SMILES string of the molecule is CC(C)C1CCC(C)C(N(C(=O)O)C(C)c2ccccc2)C1. The monoisotopic (exact) mass is 303 g/mol. The van der Waals surface area contributed by atoms with Crippen molar-refractivity contribution in [2.45, 2.75) is 59.0 Å². The van der Waals surface area contributed by atoms with Crippen molar-refractivity contribution in [3.63, 3.8) is 0 Å². The van der Waals surface area contributed by atoms with Gasteiger partial charge in [-0.1, -0.05) is 51.1 Å². The van der Waals surface area contributed by atoms with Crippen LogP contribution in [0.1, 0.15) is 58.6 Å². The van der Waals surface area contributed by atoms with Crippen LogP contribution in [-0.2, 0) is 0 Å². The van der Waals surface area contributed by atoms with E-state index < -0.39 is 6.09 Å². The standard InChI is InChI=1S/C19H29NO2/c1-13(2)17-11-10-14(3)18(12-17)20(19(21)22)15(4)16-8-6-5-7-9-16/h5-9,13-15,17-18H,10-12H2,1-4H3,(H,21,22). The van der Waals surface area contributed by atoms with Crippen LogP contribution in [0.3, 0.4) is 0 Å². The van der Waals surface area contributed by atoms with Crippen LogP contribution in [0.4, 0.5) is 4.79 Å². The lowest BCUT2D eigenvalue weighted by molar-refractivity contribution is 0.0454. The number of amides is 1. The molecule has 0 saturated heterocycles. The molecule has 1 aromatic rings. The fourth-order valence-corrected chi connectivity index (χ4v) is 3.81. The number of carbonyl (C=O) groups is 1. The Hall–Kier alpha value is -1.51. The Kier molecular flexibility index (Phi) is 5.49. The molecular weight excluding hydrogens is 274 g/mol. The van der Waals surface area contributed by atoms with E-state index in [-0.39, 0.29) is 12.1 Å². The molecular formula is C19H29NO2. The third kappa shape index (κ3) is 3.63. The smallest absolute Gasteiger partial charge is 0.408 e. The van der Waals surface area contributed by atoms with Crippen molar-refractivity contribution in [2.24, 2.45) is 17.8 Å². The van der Waals surface area contributed by atoms with Crippen LogP contribution < -0.4 is 0 Å². The molecule has 1 fully saturated rings. The quantitative estimate of drug-likeness (QED) is 0.831. The highest BCUT2D eigenvalue weighted by Crippen LogP contribution is 2.38. The number of rotatable bonds is 4. The van der Waals surface area contributed by atoms with E-state index in [1.165, 1.54) is 6.42 Å². The van der Waals surface area contributed by atoms with Gasteiger partial charge >= 0.3 is 6.09 Å². The molecule has 22 heavy (non-hydrogen) atoms. The predicted octanol–water partition coefficient (Wildman–Crippen LogP) is 5.19. The summed E-state index contributed by atoms with van der Waals surface area (Å²) in [6.07, 6.45) is 2.54. The second-order valence-corrected chi connectivity index (χ2v) is 7.14. The average molecular weight is 303 g/mol. The highest BCUT2D eigenvalue weighted by Gasteiger charge is 2.37. The molecule has 1 amide bonds. The topological polar surface area (TPSA) is 40.5 Å². The van der Waals surface area contributed by atoms with Crippen LogP contribution >= 0.6 is 0 Å². The van der Waals surface area contributed by atoms with Crippen molar-refractivity contribution in [3.8, 4) is 0 Å². The Morgan fingerprint density at radius 3 is 2.36 bits per heavy atom. The molecule has 0 aromatic heterocycles. The largest absolute Gasteiger partial charge is 0.465 e. The van der Waals surface area contributed by atoms with Gasteiger partial charge in [0.15, 0.2) is 0 Å². The lowest BCUT2D eigenvalue weighted by atomic mass is 9.74. The molecule has 0 radical (unpaired) electrons. The van der Waals surface area contributed by atoms with Gasteiger partial charge in [0.05, 0.1) is 6.04 Å². The summed E-state index contributed by atoms with van der Waals surface area (Å²) in [5, 5.41) is 9.83. The van der Waals surface area contributed by atoms with Gasteiger partial charge in [0.1, 0.15) is 0 Å². The molecule has 122 valence electrons. The van der Waals surface area contributed by atoms with Gasteiger partial charge < -0.3 is 5.11 Å². The van der Waals surface area contributed by atoms with Crippen molar-refractivity contribution in [3.05, 3.63) is 35.9 Å². The summed E-state index contributed by atoms with van der Waals surface area (Å²) in [6, 6.07) is 9.99. The summed E-state index contributed by atoms with van der Waals surface area (Å²) in [5.41, 5.74) is 1.07. The van der Waals surface area contributed by atoms with Gasteiger partial charge in [-0.2, -0.15) is 0 Å². The molecule has 3 heteroatoms. The van der Waals surface area contributed by atoms with Gasteiger partial charge in [0.25, 0.3) is 0 Å². The van der Waals surface area contributed by atoms with Crippen LogP contribution in [0.25, 0.3) is 0 Å². The van der Waals surface area contributed by atoms with E-state index in [0.29, 0.717) is 17.8 Å². The zero-order valence-electron chi connectivity index (χ0n) is 14.2.